The highest BCUT2D eigenvalue weighted by molar-refractivity contribution is 5.69. The number of rotatable bonds is 2. The van der Waals surface area contributed by atoms with Gasteiger partial charge in [0.25, 0.3) is 0 Å². The van der Waals surface area contributed by atoms with Crippen molar-refractivity contribution in [3.8, 4) is 0 Å². The molecule has 126 valence electrons. The first kappa shape index (κ1) is 16.0. The molecule has 0 aromatic heterocycles. The standard InChI is InChI=1S/C16H29N3O3/c1-16(2,3)22-15(20)19-9-13(10-19)8-17-4-5-18-6-7-21-12-14(18)11-17/h13-14H,4-12H2,1-3H3/t14-/m0/s1. The van der Waals surface area contributed by atoms with E-state index in [0.717, 1.165) is 59.0 Å². The molecule has 6 heteroatoms. The average molecular weight is 311 g/mol. The van der Waals surface area contributed by atoms with E-state index >= 15 is 0 Å². The van der Waals surface area contributed by atoms with E-state index in [9.17, 15) is 4.79 Å². The van der Waals surface area contributed by atoms with E-state index in [1.54, 1.807) is 0 Å². The maximum Gasteiger partial charge on any atom is 0.410 e. The van der Waals surface area contributed by atoms with Gasteiger partial charge in [0.05, 0.1) is 13.2 Å². The SMILES string of the molecule is CC(C)(C)OC(=O)N1CC(CN2CCN3CCOC[C@@H]3C2)C1. The van der Waals surface area contributed by atoms with Gasteiger partial charge >= 0.3 is 6.09 Å². The van der Waals surface area contributed by atoms with Crippen LogP contribution >= 0.6 is 0 Å². The maximum absolute atomic E-state index is 11.9. The van der Waals surface area contributed by atoms with E-state index in [4.69, 9.17) is 9.47 Å². The summed E-state index contributed by atoms with van der Waals surface area (Å²) < 4.78 is 11.0. The van der Waals surface area contributed by atoms with Gasteiger partial charge in [-0.2, -0.15) is 0 Å². The summed E-state index contributed by atoms with van der Waals surface area (Å²) in [7, 11) is 0. The van der Waals surface area contributed by atoms with Crippen molar-refractivity contribution < 1.29 is 14.3 Å². The number of carbonyl (C=O) groups is 1. The molecule has 0 radical (unpaired) electrons. The van der Waals surface area contributed by atoms with Crippen molar-refractivity contribution in [2.24, 2.45) is 5.92 Å². The molecule has 3 rings (SSSR count). The molecule has 0 aromatic carbocycles. The van der Waals surface area contributed by atoms with Gasteiger partial charge in [0.1, 0.15) is 5.60 Å². The molecule has 3 saturated heterocycles. The highest BCUT2D eigenvalue weighted by Crippen LogP contribution is 2.22. The van der Waals surface area contributed by atoms with Crippen LogP contribution in [0.1, 0.15) is 20.8 Å². The van der Waals surface area contributed by atoms with E-state index in [1.807, 2.05) is 25.7 Å². The van der Waals surface area contributed by atoms with E-state index in [1.165, 1.54) is 0 Å². The lowest BCUT2D eigenvalue weighted by atomic mass is 9.99. The Morgan fingerprint density at radius 3 is 2.68 bits per heavy atom. The molecule has 3 aliphatic rings. The number of nitrogens with zero attached hydrogens (tertiary/aromatic N) is 3. The highest BCUT2D eigenvalue weighted by atomic mass is 16.6. The Kier molecular flexibility index (Phi) is 4.61. The number of fused-ring (bicyclic) bond motifs is 1. The van der Waals surface area contributed by atoms with Gasteiger partial charge in [-0.1, -0.05) is 0 Å². The van der Waals surface area contributed by atoms with Crippen LogP contribution in [0.4, 0.5) is 4.79 Å². The van der Waals surface area contributed by atoms with Crippen LogP contribution in [0.25, 0.3) is 0 Å². The van der Waals surface area contributed by atoms with Crippen LogP contribution in [0.2, 0.25) is 0 Å². The Hall–Kier alpha value is -0.850. The largest absolute Gasteiger partial charge is 0.444 e. The first-order valence-corrected chi connectivity index (χ1v) is 8.43. The molecule has 0 spiro atoms. The number of hydrogen-bond acceptors (Lipinski definition) is 5. The van der Waals surface area contributed by atoms with E-state index in [0.29, 0.717) is 12.0 Å². The molecular formula is C16H29N3O3. The number of hydrogen-bond donors (Lipinski definition) is 0. The van der Waals surface area contributed by atoms with Gasteiger partial charge in [0.15, 0.2) is 0 Å². The fourth-order valence-electron chi connectivity index (χ4n) is 3.50. The molecule has 0 bridgehead atoms. The summed E-state index contributed by atoms with van der Waals surface area (Å²) >= 11 is 0. The molecule has 0 saturated carbocycles. The van der Waals surface area contributed by atoms with E-state index < -0.39 is 5.60 Å². The fourth-order valence-corrected chi connectivity index (χ4v) is 3.50. The number of likely N-dealkylation sites (tertiary alicyclic amines) is 1. The number of carbonyl (C=O) groups excluding carboxylic acids is 1. The molecule has 0 aliphatic carbocycles. The Morgan fingerprint density at radius 2 is 1.95 bits per heavy atom. The number of ether oxygens (including phenoxy) is 2. The summed E-state index contributed by atoms with van der Waals surface area (Å²) in [4.78, 5) is 18.8. The van der Waals surface area contributed by atoms with Crippen LogP contribution in [0.15, 0.2) is 0 Å². The number of amides is 1. The molecule has 1 amide bonds. The van der Waals surface area contributed by atoms with E-state index in [-0.39, 0.29) is 6.09 Å². The molecule has 22 heavy (non-hydrogen) atoms. The lowest BCUT2D eigenvalue weighted by Gasteiger charge is -2.47. The highest BCUT2D eigenvalue weighted by Gasteiger charge is 2.36. The third-order valence-corrected chi connectivity index (χ3v) is 4.65. The topological polar surface area (TPSA) is 45.2 Å². The van der Waals surface area contributed by atoms with Crippen LogP contribution in [0.3, 0.4) is 0 Å². The van der Waals surface area contributed by atoms with Crippen molar-refractivity contribution >= 4 is 6.09 Å². The monoisotopic (exact) mass is 311 g/mol. The minimum atomic E-state index is -0.403. The van der Waals surface area contributed by atoms with Crippen LogP contribution < -0.4 is 0 Å². The van der Waals surface area contributed by atoms with Crippen molar-refractivity contribution in [2.75, 3.05) is 59.0 Å². The van der Waals surface area contributed by atoms with Gasteiger partial charge in [0.2, 0.25) is 0 Å². The third-order valence-electron chi connectivity index (χ3n) is 4.65. The average Bonchev–Trinajstić information content (AvgIpc) is 2.40. The van der Waals surface area contributed by atoms with Crippen molar-refractivity contribution in [1.29, 1.82) is 0 Å². The van der Waals surface area contributed by atoms with Crippen molar-refractivity contribution in [1.82, 2.24) is 14.7 Å². The van der Waals surface area contributed by atoms with Gasteiger partial charge in [-0.3, -0.25) is 4.90 Å². The summed E-state index contributed by atoms with van der Waals surface area (Å²) in [5, 5.41) is 0. The fraction of sp³-hybridized carbons (Fsp3) is 0.938. The van der Waals surface area contributed by atoms with Crippen molar-refractivity contribution in [3.63, 3.8) is 0 Å². The first-order chi connectivity index (χ1) is 10.4. The molecule has 1 atom stereocenters. The predicted octanol–water partition coefficient (Wildman–Crippen LogP) is 0.870. The molecular weight excluding hydrogens is 282 g/mol. The van der Waals surface area contributed by atoms with Gasteiger partial charge in [-0.15, -0.1) is 0 Å². The minimum Gasteiger partial charge on any atom is -0.444 e. The molecule has 0 unspecified atom stereocenters. The Labute approximate surface area is 133 Å². The molecule has 3 aliphatic heterocycles. The first-order valence-electron chi connectivity index (χ1n) is 8.43. The lowest BCUT2D eigenvalue weighted by Crippen LogP contribution is -2.61. The Morgan fingerprint density at radius 1 is 1.18 bits per heavy atom. The normalized spacial score (nSPS) is 28.1. The molecule has 0 aromatic rings. The number of piperazine rings is 1. The Bertz CT molecular complexity index is 404. The summed E-state index contributed by atoms with van der Waals surface area (Å²) in [6, 6.07) is 0.560. The summed E-state index contributed by atoms with van der Waals surface area (Å²) in [6.07, 6.45) is -0.172. The predicted molar refractivity (Wildman–Crippen MR) is 83.9 cm³/mol. The lowest BCUT2D eigenvalue weighted by molar-refractivity contribution is -0.0540. The van der Waals surface area contributed by atoms with E-state index in [2.05, 4.69) is 9.80 Å². The second kappa shape index (κ2) is 6.34. The third kappa shape index (κ3) is 3.91. The second-order valence-corrected chi connectivity index (χ2v) is 7.78. The molecule has 3 fully saturated rings. The Balaban J connectivity index is 1.38. The van der Waals surface area contributed by atoms with Crippen LogP contribution in [0, 0.1) is 5.92 Å². The maximum atomic E-state index is 11.9. The van der Waals surface area contributed by atoms with Crippen LogP contribution in [-0.2, 0) is 9.47 Å². The molecule has 0 N–H and O–H groups in total. The van der Waals surface area contributed by atoms with Crippen molar-refractivity contribution in [2.45, 2.75) is 32.4 Å². The summed E-state index contributed by atoms with van der Waals surface area (Å²) in [6.45, 7) is 14.7. The smallest absolute Gasteiger partial charge is 0.410 e. The van der Waals surface area contributed by atoms with Gasteiger partial charge in [-0.25, -0.2) is 4.79 Å². The molecule has 6 nitrogen and oxygen atoms in total. The number of morpholine rings is 1. The van der Waals surface area contributed by atoms with Crippen molar-refractivity contribution in [3.05, 3.63) is 0 Å². The van der Waals surface area contributed by atoms with Gasteiger partial charge < -0.3 is 19.3 Å². The zero-order valence-electron chi connectivity index (χ0n) is 14.1. The summed E-state index contributed by atoms with van der Waals surface area (Å²) in [5.74, 6) is 0.587. The summed E-state index contributed by atoms with van der Waals surface area (Å²) in [5.41, 5.74) is -0.403. The second-order valence-electron chi connectivity index (χ2n) is 7.78. The van der Waals surface area contributed by atoms with Gasteiger partial charge in [-0.05, 0) is 20.8 Å². The van der Waals surface area contributed by atoms with Gasteiger partial charge in [0, 0.05) is 57.8 Å². The van der Waals surface area contributed by atoms with Crippen LogP contribution in [0.5, 0.6) is 0 Å². The zero-order chi connectivity index (χ0) is 15.7. The minimum absolute atomic E-state index is 0.172. The van der Waals surface area contributed by atoms with Crippen LogP contribution in [-0.4, -0.2) is 91.5 Å². The quantitative estimate of drug-likeness (QED) is 0.757. The molecule has 3 heterocycles. The zero-order valence-corrected chi connectivity index (χ0v) is 14.1.